The van der Waals surface area contributed by atoms with Gasteiger partial charge in [0, 0.05) is 22.2 Å². The molecule has 0 radical (unpaired) electrons. The van der Waals surface area contributed by atoms with Gasteiger partial charge in [0.05, 0.1) is 17.4 Å². The first-order chi connectivity index (χ1) is 13.5. The van der Waals surface area contributed by atoms with E-state index in [0.29, 0.717) is 39.9 Å². The largest absolute Gasteiger partial charge is 0.326 e. The van der Waals surface area contributed by atoms with Crippen molar-refractivity contribution >= 4 is 34.1 Å². The zero-order valence-electron chi connectivity index (χ0n) is 14.9. The smallest absolute Gasteiger partial charge is 0.262 e. The number of hydrogen-bond acceptors (Lipinski definition) is 3. The summed E-state index contributed by atoms with van der Waals surface area (Å²) in [4.78, 5) is 18.1. The van der Waals surface area contributed by atoms with Crippen LogP contribution in [0.4, 0.5) is 0 Å². The van der Waals surface area contributed by atoms with Crippen molar-refractivity contribution in [3.05, 3.63) is 98.3 Å². The lowest BCUT2D eigenvalue weighted by Crippen LogP contribution is -2.24. The summed E-state index contributed by atoms with van der Waals surface area (Å²) in [5.74, 6) is 0.556. The number of aromatic nitrogens is 2. The Balaban J connectivity index is 1.96. The molecule has 0 aliphatic rings. The minimum Gasteiger partial charge on any atom is -0.326 e. The second kappa shape index (κ2) is 7.76. The van der Waals surface area contributed by atoms with Gasteiger partial charge in [-0.1, -0.05) is 59.6 Å². The molecule has 0 atom stereocenters. The first-order valence-electron chi connectivity index (χ1n) is 8.79. The van der Waals surface area contributed by atoms with Crippen LogP contribution >= 0.6 is 23.2 Å². The van der Waals surface area contributed by atoms with E-state index in [-0.39, 0.29) is 5.56 Å². The molecule has 4 nitrogen and oxygen atoms in total. The first kappa shape index (κ1) is 18.7. The van der Waals surface area contributed by atoms with Gasteiger partial charge in [-0.3, -0.25) is 9.36 Å². The highest BCUT2D eigenvalue weighted by atomic mass is 35.5. The number of fused-ring (bicyclic) bond motifs is 1. The molecule has 0 unspecified atom stereocenters. The highest BCUT2D eigenvalue weighted by Crippen LogP contribution is 2.24. The molecule has 0 fully saturated rings. The van der Waals surface area contributed by atoms with Gasteiger partial charge >= 0.3 is 0 Å². The highest BCUT2D eigenvalue weighted by molar-refractivity contribution is 6.31. The summed E-state index contributed by atoms with van der Waals surface area (Å²) in [5, 5.41) is 1.56. The molecule has 2 N–H and O–H groups in total. The molecule has 4 aromatic rings. The average Bonchev–Trinajstić information content (AvgIpc) is 2.70. The van der Waals surface area contributed by atoms with E-state index in [2.05, 4.69) is 0 Å². The topological polar surface area (TPSA) is 60.9 Å². The van der Waals surface area contributed by atoms with Gasteiger partial charge in [-0.25, -0.2) is 4.98 Å². The summed E-state index contributed by atoms with van der Waals surface area (Å²) in [7, 11) is 0. The van der Waals surface area contributed by atoms with Gasteiger partial charge in [0.15, 0.2) is 0 Å². The predicted molar refractivity (Wildman–Crippen MR) is 115 cm³/mol. The van der Waals surface area contributed by atoms with Crippen molar-refractivity contribution in [3.8, 4) is 11.4 Å². The third-order valence-corrected chi connectivity index (χ3v) is 5.04. The molecule has 1 aromatic heterocycles. The van der Waals surface area contributed by atoms with Gasteiger partial charge in [-0.05, 0) is 41.5 Å². The van der Waals surface area contributed by atoms with Crippen molar-refractivity contribution in [1.29, 1.82) is 0 Å². The van der Waals surface area contributed by atoms with Crippen molar-refractivity contribution in [2.45, 2.75) is 13.1 Å². The number of halogens is 2. The zero-order valence-corrected chi connectivity index (χ0v) is 16.4. The monoisotopic (exact) mass is 409 g/mol. The third-order valence-electron chi connectivity index (χ3n) is 4.57. The third kappa shape index (κ3) is 3.67. The number of nitrogens with zero attached hydrogens (tertiary/aromatic N) is 2. The lowest BCUT2D eigenvalue weighted by atomic mass is 10.1. The molecular weight excluding hydrogens is 393 g/mol. The normalized spacial score (nSPS) is 11.1. The standard InChI is InChI=1S/C22H17Cl2N3O/c23-17-6-2-5-16(10-17)21-26-20-8-7-18(24)11-19(20)22(28)27(21)13-15-4-1-3-14(9-15)12-25/h1-11H,12-13,25H2. The van der Waals surface area contributed by atoms with E-state index >= 15 is 0 Å². The Morgan fingerprint density at radius 3 is 2.43 bits per heavy atom. The maximum absolute atomic E-state index is 13.3. The Kier molecular flexibility index (Phi) is 5.18. The summed E-state index contributed by atoms with van der Waals surface area (Å²) < 4.78 is 1.65. The van der Waals surface area contributed by atoms with Gasteiger partial charge < -0.3 is 5.73 Å². The highest BCUT2D eigenvalue weighted by Gasteiger charge is 2.14. The van der Waals surface area contributed by atoms with Crippen LogP contribution in [0.25, 0.3) is 22.3 Å². The average molecular weight is 410 g/mol. The quantitative estimate of drug-likeness (QED) is 0.522. The summed E-state index contributed by atoms with van der Waals surface area (Å²) in [5.41, 5.74) is 8.95. The second-order valence-electron chi connectivity index (χ2n) is 6.52. The molecule has 0 bridgehead atoms. The zero-order chi connectivity index (χ0) is 19.7. The van der Waals surface area contributed by atoms with Crippen molar-refractivity contribution < 1.29 is 0 Å². The molecule has 0 aliphatic heterocycles. The van der Waals surface area contributed by atoms with Crippen molar-refractivity contribution in [2.75, 3.05) is 0 Å². The van der Waals surface area contributed by atoms with Gasteiger partial charge in [0.25, 0.3) is 5.56 Å². The predicted octanol–water partition coefficient (Wildman–Crippen LogP) is 4.88. The number of benzene rings is 3. The van der Waals surface area contributed by atoms with E-state index in [1.165, 1.54) is 0 Å². The van der Waals surface area contributed by atoms with E-state index in [1.807, 2.05) is 36.4 Å². The SMILES string of the molecule is NCc1cccc(Cn2c(-c3cccc(Cl)c3)nc3ccc(Cl)cc3c2=O)c1. The Hall–Kier alpha value is -2.66. The van der Waals surface area contributed by atoms with Gasteiger partial charge in [-0.15, -0.1) is 0 Å². The number of hydrogen-bond donors (Lipinski definition) is 1. The second-order valence-corrected chi connectivity index (χ2v) is 7.40. The summed E-state index contributed by atoms with van der Waals surface area (Å²) in [6, 6.07) is 20.3. The van der Waals surface area contributed by atoms with E-state index in [9.17, 15) is 4.79 Å². The molecule has 1 heterocycles. The molecule has 0 saturated carbocycles. The van der Waals surface area contributed by atoms with Crippen LogP contribution < -0.4 is 11.3 Å². The Morgan fingerprint density at radius 2 is 1.64 bits per heavy atom. The van der Waals surface area contributed by atoms with E-state index in [4.69, 9.17) is 33.9 Å². The molecule has 28 heavy (non-hydrogen) atoms. The van der Waals surface area contributed by atoms with E-state index in [1.54, 1.807) is 34.9 Å². The van der Waals surface area contributed by atoms with Crippen LogP contribution in [0.15, 0.2) is 71.5 Å². The van der Waals surface area contributed by atoms with Crippen LogP contribution in [0.5, 0.6) is 0 Å². The summed E-state index contributed by atoms with van der Waals surface area (Å²) in [6.07, 6.45) is 0. The van der Waals surface area contributed by atoms with Crippen LogP contribution in [0.3, 0.4) is 0 Å². The van der Waals surface area contributed by atoms with Crippen LogP contribution in [-0.2, 0) is 13.1 Å². The molecule has 0 saturated heterocycles. The lowest BCUT2D eigenvalue weighted by molar-refractivity contribution is 0.758. The van der Waals surface area contributed by atoms with E-state index < -0.39 is 0 Å². The van der Waals surface area contributed by atoms with E-state index in [0.717, 1.165) is 16.7 Å². The molecule has 6 heteroatoms. The minimum absolute atomic E-state index is 0.152. The molecule has 0 aliphatic carbocycles. The maximum atomic E-state index is 13.3. The lowest BCUT2D eigenvalue weighted by Gasteiger charge is -2.15. The Morgan fingerprint density at radius 1 is 0.893 bits per heavy atom. The van der Waals surface area contributed by atoms with Crippen molar-refractivity contribution in [2.24, 2.45) is 5.73 Å². The molecule has 4 rings (SSSR count). The van der Waals surface area contributed by atoms with Gasteiger partial charge in [0.2, 0.25) is 0 Å². The Labute approximate surface area is 172 Å². The fourth-order valence-electron chi connectivity index (χ4n) is 3.23. The molecular formula is C22H17Cl2N3O. The van der Waals surface area contributed by atoms with Gasteiger partial charge in [-0.2, -0.15) is 0 Å². The number of rotatable bonds is 4. The van der Waals surface area contributed by atoms with Crippen LogP contribution in [0.2, 0.25) is 10.0 Å². The molecule has 140 valence electrons. The maximum Gasteiger partial charge on any atom is 0.262 e. The fourth-order valence-corrected chi connectivity index (χ4v) is 3.59. The van der Waals surface area contributed by atoms with Crippen molar-refractivity contribution in [1.82, 2.24) is 9.55 Å². The Bertz CT molecular complexity index is 1230. The van der Waals surface area contributed by atoms with Crippen LogP contribution in [0.1, 0.15) is 11.1 Å². The number of nitrogens with two attached hydrogens (primary N) is 1. The van der Waals surface area contributed by atoms with Crippen LogP contribution in [-0.4, -0.2) is 9.55 Å². The molecule has 3 aromatic carbocycles. The minimum atomic E-state index is -0.152. The first-order valence-corrected chi connectivity index (χ1v) is 9.54. The van der Waals surface area contributed by atoms with Crippen molar-refractivity contribution in [3.63, 3.8) is 0 Å². The molecule has 0 spiro atoms. The van der Waals surface area contributed by atoms with Gasteiger partial charge in [0.1, 0.15) is 5.82 Å². The fraction of sp³-hybridized carbons (Fsp3) is 0.0909. The van der Waals surface area contributed by atoms with Crippen LogP contribution in [0, 0.1) is 0 Å². The summed E-state index contributed by atoms with van der Waals surface area (Å²) >= 11 is 12.3. The summed E-state index contributed by atoms with van der Waals surface area (Å²) in [6.45, 7) is 0.805. The molecule has 0 amide bonds.